The molecule has 26 heavy (non-hydrogen) atoms. The van der Waals surface area contributed by atoms with Gasteiger partial charge in [-0.05, 0) is 38.1 Å². The van der Waals surface area contributed by atoms with Crippen LogP contribution in [0.15, 0.2) is 36.4 Å². The van der Waals surface area contributed by atoms with Gasteiger partial charge in [0.15, 0.2) is 6.67 Å². The van der Waals surface area contributed by atoms with Crippen LogP contribution in [0.1, 0.15) is 22.3 Å². The van der Waals surface area contributed by atoms with E-state index in [9.17, 15) is 13.0 Å². The summed E-state index contributed by atoms with van der Waals surface area (Å²) in [6.45, 7) is 7.61. The lowest BCUT2D eigenvalue weighted by atomic mass is 9.97. The Hall–Kier alpha value is -1.93. The topological polar surface area (TPSA) is 69.7 Å². The minimum absolute atomic E-state index is 0.808. The van der Waals surface area contributed by atoms with E-state index in [1.54, 1.807) is 0 Å². The SMILES string of the molecule is COS(=O)(=O)[O-].Cc1ccc2c(c1)C[N+]1(C)CN2Cc2cc(C)ccc21. The van der Waals surface area contributed by atoms with Gasteiger partial charge in [-0.25, -0.2) is 8.42 Å². The quantitative estimate of drug-likeness (QED) is 0.435. The molecule has 7 heteroatoms. The fourth-order valence-corrected chi connectivity index (χ4v) is 3.90. The number of quaternary nitrogens is 1. The molecule has 0 radical (unpaired) electrons. The molecule has 6 nitrogen and oxygen atoms in total. The molecule has 0 aromatic heterocycles. The maximum Gasteiger partial charge on any atom is 0.217 e. The van der Waals surface area contributed by atoms with Crippen LogP contribution in [0.4, 0.5) is 11.4 Å². The van der Waals surface area contributed by atoms with Crippen LogP contribution in [0, 0.1) is 13.8 Å². The third kappa shape index (κ3) is 3.76. The van der Waals surface area contributed by atoms with Crippen molar-refractivity contribution >= 4 is 21.8 Å². The molecule has 0 saturated carbocycles. The summed E-state index contributed by atoms with van der Waals surface area (Å²) in [4.78, 5) is 2.54. The van der Waals surface area contributed by atoms with Crippen molar-refractivity contribution < 1.29 is 17.2 Å². The summed E-state index contributed by atoms with van der Waals surface area (Å²) >= 11 is 0. The van der Waals surface area contributed by atoms with Crippen LogP contribution in [0.25, 0.3) is 0 Å². The Labute approximate surface area is 155 Å². The normalized spacial score (nSPS) is 20.6. The van der Waals surface area contributed by atoms with Crippen molar-refractivity contribution in [3.8, 4) is 0 Å². The first-order chi connectivity index (χ1) is 12.1. The molecule has 2 bridgehead atoms. The van der Waals surface area contributed by atoms with Gasteiger partial charge in [-0.2, -0.15) is 0 Å². The smallest absolute Gasteiger partial charge is 0.217 e. The van der Waals surface area contributed by atoms with Gasteiger partial charge in [0.2, 0.25) is 10.4 Å². The number of rotatable bonds is 1. The van der Waals surface area contributed by atoms with E-state index in [1.165, 1.54) is 33.6 Å². The molecule has 4 rings (SSSR count). The van der Waals surface area contributed by atoms with E-state index in [0.717, 1.165) is 31.4 Å². The Morgan fingerprint density at radius 1 is 1.08 bits per heavy atom. The van der Waals surface area contributed by atoms with Crippen molar-refractivity contribution in [2.24, 2.45) is 0 Å². The lowest BCUT2D eigenvalue weighted by Crippen LogP contribution is -2.58. The second-order valence-electron chi connectivity index (χ2n) is 7.23. The predicted molar refractivity (Wildman–Crippen MR) is 102 cm³/mol. The molecule has 2 heterocycles. The first-order valence-corrected chi connectivity index (χ1v) is 9.75. The third-order valence-corrected chi connectivity index (χ3v) is 5.37. The molecule has 0 fully saturated rings. The second kappa shape index (κ2) is 6.66. The van der Waals surface area contributed by atoms with Crippen LogP contribution in [-0.4, -0.2) is 33.8 Å². The minimum Gasteiger partial charge on any atom is -0.726 e. The highest BCUT2D eigenvalue weighted by atomic mass is 32.3. The van der Waals surface area contributed by atoms with E-state index in [2.05, 4.69) is 66.4 Å². The third-order valence-electron chi connectivity index (χ3n) is 4.96. The van der Waals surface area contributed by atoms with Crippen molar-refractivity contribution in [3.63, 3.8) is 0 Å². The highest BCUT2D eigenvalue weighted by molar-refractivity contribution is 7.80. The molecule has 140 valence electrons. The molecule has 1 unspecified atom stereocenters. The van der Waals surface area contributed by atoms with E-state index in [1.807, 2.05) is 0 Å². The lowest BCUT2D eigenvalue weighted by Gasteiger charge is -2.48. The van der Waals surface area contributed by atoms with Gasteiger partial charge in [-0.15, -0.1) is 0 Å². The summed E-state index contributed by atoms with van der Waals surface area (Å²) in [6, 6.07) is 13.8. The molecule has 0 spiro atoms. The van der Waals surface area contributed by atoms with Crippen molar-refractivity contribution in [2.45, 2.75) is 26.9 Å². The number of hydrogen-bond acceptors (Lipinski definition) is 5. The summed E-state index contributed by atoms with van der Waals surface area (Å²) < 4.78 is 32.0. The highest BCUT2D eigenvalue weighted by Crippen LogP contribution is 2.42. The number of fused-ring (bicyclic) bond motifs is 6. The molecule has 0 N–H and O–H groups in total. The number of anilines is 1. The van der Waals surface area contributed by atoms with Crippen LogP contribution in [-0.2, 0) is 27.7 Å². The zero-order chi connectivity index (χ0) is 19.1. The van der Waals surface area contributed by atoms with Gasteiger partial charge in [0, 0.05) is 11.1 Å². The van der Waals surface area contributed by atoms with E-state index in [-0.39, 0.29) is 0 Å². The fraction of sp³-hybridized carbons (Fsp3) is 0.368. The Morgan fingerprint density at radius 2 is 1.65 bits per heavy atom. The molecule has 2 aromatic carbocycles. The Bertz CT molecular complexity index is 943. The Morgan fingerprint density at radius 3 is 2.27 bits per heavy atom. The molecule has 2 aliphatic rings. The standard InChI is InChI=1S/C18H21N2.CH4O4S/c1-13-4-6-17-16(9-13)11-20(3)12-19(17)10-15-8-14(2)5-7-18(15)20;1-5-6(2,3)4/h4-9H,10-12H2,1-3H3;1H3,(H,2,3,4)/q+1;/p-1. The zero-order valence-electron chi connectivity index (χ0n) is 15.5. The van der Waals surface area contributed by atoms with Crippen LogP contribution in [0.2, 0.25) is 0 Å². The molecule has 0 amide bonds. The number of aryl methyl sites for hydroxylation is 2. The maximum atomic E-state index is 9.22. The highest BCUT2D eigenvalue weighted by Gasteiger charge is 2.40. The molecule has 2 aliphatic heterocycles. The van der Waals surface area contributed by atoms with Crippen molar-refractivity contribution in [1.29, 1.82) is 0 Å². The summed E-state index contributed by atoms with van der Waals surface area (Å²) in [6.07, 6.45) is 0. The van der Waals surface area contributed by atoms with Gasteiger partial charge >= 0.3 is 0 Å². The van der Waals surface area contributed by atoms with Crippen LogP contribution < -0.4 is 9.38 Å². The van der Waals surface area contributed by atoms with Gasteiger partial charge in [0.05, 0.1) is 26.4 Å². The molecular formula is C19H24N2O4S. The van der Waals surface area contributed by atoms with Gasteiger partial charge in [-0.1, -0.05) is 23.3 Å². The van der Waals surface area contributed by atoms with Crippen LogP contribution in [0.5, 0.6) is 0 Å². The zero-order valence-corrected chi connectivity index (χ0v) is 16.3. The van der Waals surface area contributed by atoms with Gasteiger partial charge < -0.3 is 9.45 Å². The molecular weight excluding hydrogens is 352 g/mol. The molecule has 0 saturated heterocycles. The first-order valence-electron chi connectivity index (χ1n) is 8.42. The fourth-order valence-electron chi connectivity index (χ4n) is 3.90. The van der Waals surface area contributed by atoms with E-state index in [0.29, 0.717) is 0 Å². The van der Waals surface area contributed by atoms with E-state index in [4.69, 9.17) is 0 Å². The molecule has 2 aromatic rings. The number of nitrogens with zero attached hydrogens (tertiary/aromatic N) is 2. The Kier molecular flexibility index (Phi) is 4.83. The minimum atomic E-state index is -4.41. The average molecular weight is 376 g/mol. The van der Waals surface area contributed by atoms with E-state index < -0.39 is 10.4 Å². The lowest BCUT2D eigenvalue weighted by molar-refractivity contribution is 0.287. The summed E-state index contributed by atoms with van der Waals surface area (Å²) in [5, 5.41) is 0. The van der Waals surface area contributed by atoms with Gasteiger partial charge in [0.1, 0.15) is 12.2 Å². The van der Waals surface area contributed by atoms with Crippen LogP contribution in [0.3, 0.4) is 0 Å². The number of hydrogen-bond donors (Lipinski definition) is 0. The maximum absolute atomic E-state index is 9.22. The van der Waals surface area contributed by atoms with Crippen LogP contribution >= 0.6 is 0 Å². The average Bonchev–Trinajstić information content (AvgIpc) is 2.53. The second-order valence-corrected chi connectivity index (χ2v) is 8.38. The largest absolute Gasteiger partial charge is 0.726 e. The molecule has 0 aliphatic carbocycles. The summed E-state index contributed by atoms with van der Waals surface area (Å²) in [7, 11) is -1.24. The van der Waals surface area contributed by atoms with Crippen molar-refractivity contribution in [3.05, 3.63) is 58.7 Å². The van der Waals surface area contributed by atoms with Crippen molar-refractivity contribution in [1.82, 2.24) is 4.48 Å². The van der Waals surface area contributed by atoms with Gasteiger partial charge in [-0.3, -0.25) is 8.67 Å². The van der Waals surface area contributed by atoms with Gasteiger partial charge in [0.25, 0.3) is 0 Å². The summed E-state index contributed by atoms with van der Waals surface area (Å²) in [5.41, 5.74) is 8.64. The van der Waals surface area contributed by atoms with Crippen molar-refractivity contribution in [2.75, 3.05) is 25.7 Å². The van der Waals surface area contributed by atoms with E-state index >= 15 is 0 Å². The Balaban J connectivity index is 0.000000286. The molecule has 1 atom stereocenters. The number of benzene rings is 2. The monoisotopic (exact) mass is 376 g/mol. The predicted octanol–water partition coefficient (Wildman–Crippen LogP) is 2.82. The first kappa shape index (κ1) is 18.8. The summed E-state index contributed by atoms with van der Waals surface area (Å²) in [5.74, 6) is 0.